The van der Waals surface area contributed by atoms with E-state index in [-0.39, 0.29) is 11.7 Å². The maximum Gasteiger partial charge on any atom is 0.234 e. The highest BCUT2D eigenvalue weighted by molar-refractivity contribution is 9.10. The van der Waals surface area contributed by atoms with E-state index in [1.165, 1.54) is 0 Å². The van der Waals surface area contributed by atoms with Crippen LogP contribution in [0.15, 0.2) is 22.7 Å². The van der Waals surface area contributed by atoms with Crippen LogP contribution in [-0.2, 0) is 11.3 Å². The molecule has 1 aromatic carbocycles. The van der Waals surface area contributed by atoms with E-state index in [0.717, 1.165) is 5.56 Å². The number of benzene rings is 1. The molecule has 106 valence electrons. The van der Waals surface area contributed by atoms with E-state index >= 15 is 0 Å². The first-order valence-electron chi connectivity index (χ1n) is 6.31. The third-order valence-electron chi connectivity index (χ3n) is 2.63. The van der Waals surface area contributed by atoms with Crippen molar-refractivity contribution >= 4 is 21.8 Å². The molecule has 0 bridgehead atoms. The SMILES string of the molecule is CC(C)CNC(=O)CN(C)Cc1cccc(Br)c1O. The highest BCUT2D eigenvalue weighted by Gasteiger charge is 2.10. The van der Waals surface area contributed by atoms with Crippen LogP contribution in [0.5, 0.6) is 5.75 Å². The molecule has 0 radical (unpaired) electrons. The normalized spacial score (nSPS) is 11.1. The Kier molecular flexibility index (Phi) is 6.31. The van der Waals surface area contributed by atoms with Crippen LogP contribution in [0.25, 0.3) is 0 Å². The summed E-state index contributed by atoms with van der Waals surface area (Å²) in [5, 5.41) is 12.8. The number of carbonyl (C=O) groups excluding carboxylic acids is 1. The first-order valence-corrected chi connectivity index (χ1v) is 7.11. The van der Waals surface area contributed by atoms with Crippen molar-refractivity contribution in [3.05, 3.63) is 28.2 Å². The molecule has 2 N–H and O–H groups in total. The lowest BCUT2D eigenvalue weighted by atomic mass is 10.2. The molecule has 0 atom stereocenters. The number of hydrogen-bond donors (Lipinski definition) is 2. The third-order valence-corrected chi connectivity index (χ3v) is 3.27. The van der Waals surface area contributed by atoms with Gasteiger partial charge in [-0.3, -0.25) is 9.69 Å². The molecule has 0 saturated heterocycles. The zero-order chi connectivity index (χ0) is 14.4. The fraction of sp³-hybridized carbons (Fsp3) is 0.500. The molecule has 0 saturated carbocycles. The summed E-state index contributed by atoms with van der Waals surface area (Å²) < 4.78 is 0.669. The van der Waals surface area contributed by atoms with Crippen molar-refractivity contribution in [3.63, 3.8) is 0 Å². The molecule has 0 aliphatic heterocycles. The minimum absolute atomic E-state index is 0.00527. The summed E-state index contributed by atoms with van der Waals surface area (Å²) in [4.78, 5) is 13.5. The van der Waals surface area contributed by atoms with E-state index in [1.807, 2.05) is 24.1 Å². The van der Waals surface area contributed by atoms with Gasteiger partial charge in [0.15, 0.2) is 0 Å². The van der Waals surface area contributed by atoms with Gasteiger partial charge in [-0.2, -0.15) is 0 Å². The summed E-state index contributed by atoms with van der Waals surface area (Å²) in [6, 6.07) is 5.50. The van der Waals surface area contributed by atoms with Crippen LogP contribution < -0.4 is 5.32 Å². The van der Waals surface area contributed by atoms with Gasteiger partial charge in [0.25, 0.3) is 0 Å². The van der Waals surface area contributed by atoms with Gasteiger partial charge in [0.2, 0.25) is 5.91 Å². The van der Waals surface area contributed by atoms with Gasteiger partial charge < -0.3 is 10.4 Å². The predicted octanol–water partition coefficient (Wildman–Crippen LogP) is 2.36. The fourth-order valence-corrected chi connectivity index (χ4v) is 2.06. The number of para-hydroxylation sites is 1. The molecule has 0 aliphatic carbocycles. The molecule has 0 aliphatic rings. The van der Waals surface area contributed by atoms with Gasteiger partial charge in [0.1, 0.15) is 5.75 Å². The highest BCUT2D eigenvalue weighted by atomic mass is 79.9. The lowest BCUT2D eigenvalue weighted by Gasteiger charge is -2.18. The number of nitrogens with one attached hydrogen (secondary N) is 1. The molecule has 19 heavy (non-hydrogen) atoms. The molecule has 4 nitrogen and oxygen atoms in total. The lowest BCUT2D eigenvalue weighted by molar-refractivity contribution is -0.122. The zero-order valence-corrected chi connectivity index (χ0v) is 13.2. The van der Waals surface area contributed by atoms with Crippen molar-refractivity contribution in [1.29, 1.82) is 0 Å². The summed E-state index contributed by atoms with van der Waals surface area (Å²) in [6.45, 7) is 5.65. The van der Waals surface area contributed by atoms with Gasteiger partial charge in [0, 0.05) is 18.7 Å². The van der Waals surface area contributed by atoms with Crippen LogP contribution in [-0.4, -0.2) is 36.1 Å². The molecule has 0 fully saturated rings. The number of aromatic hydroxyl groups is 1. The average Bonchev–Trinajstić information content (AvgIpc) is 2.32. The van der Waals surface area contributed by atoms with E-state index < -0.39 is 0 Å². The minimum Gasteiger partial charge on any atom is -0.506 e. The van der Waals surface area contributed by atoms with Crippen LogP contribution >= 0.6 is 15.9 Å². The molecule has 0 aromatic heterocycles. The van der Waals surface area contributed by atoms with Crippen molar-refractivity contribution in [2.45, 2.75) is 20.4 Å². The quantitative estimate of drug-likeness (QED) is 0.842. The number of hydrogen-bond acceptors (Lipinski definition) is 3. The van der Waals surface area contributed by atoms with Crippen molar-refractivity contribution in [1.82, 2.24) is 10.2 Å². The second kappa shape index (κ2) is 7.50. The molecule has 0 heterocycles. The van der Waals surface area contributed by atoms with Gasteiger partial charge >= 0.3 is 0 Å². The van der Waals surface area contributed by atoms with E-state index in [2.05, 4.69) is 35.1 Å². The Balaban J connectivity index is 2.49. The van der Waals surface area contributed by atoms with Gasteiger partial charge in [-0.25, -0.2) is 0 Å². The van der Waals surface area contributed by atoms with E-state index in [4.69, 9.17) is 0 Å². The van der Waals surface area contributed by atoms with Crippen LogP contribution in [0.1, 0.15) is 19.4 Å². The number of halogens is 1. The summed E-state index contributed by atoms with van der Waals surface area (Å²) in [5.74, 6) is 0.686. The summed E-state index contributed by atoms with van der Waals surface area (Å²) in [5.41, 5.74) is 0.800. The number of carbonyl (C=O) groups is 1. The molecule has 1 rings (SSSR count). The van der Waals surface area contributed by atoms with Gasteiger partial charge in [-0.05, 0) is 35.0 Å². The van der Waals surface area contributed by atoms with Gasteiger partial charge in [-0.1, -0.05) is 26.0 Å². The Bertz CT molecular complexity index is 435. The molecule has 5 heteroatoms. The number of rotatable bonds is 6. The van der Waals surface area contributed by atoms with Gasteiger partial charge in [0.05, 0.1) is 11.0 Å². The van der Waals surface area contributed by atoms with Crippen LogP contribution in [0.2, 0.25) is 0 Å². The topological polar surface area (TPSA) is 52.6 Å². The molecule has 1 aromatic rings. The number of likely N-dealkylation sites (N-methyl/N-ethyl adjacent to an activating group) is 1. The first kappa shape index (κ1) is 16.0. The predicted molar refractivity (Wildman–Crippen MR) is 80.0 cm³/mol. The summed E-state index contributed by atoms with van der Waals surface area (Å²) in [6.07, 6.45) is 0. The Labute approximate surface area is 122 Å². The smallest absolute Gasteiger partial charge is 0.234 e. The minimum atomic E-state index is 0.00527. The lowest BCUT2D eigenvalue weighted by Crippen LogP contribution is -2.36. The van der Waals surface area contributed by atoms with Gasteiger partial charge in [-0.15, -0.1) is 0 Å². The molecular formula is C14H21BrN2O2. The second-order valence-electron chi connectivity index (χ2n) is 5.12. The Morgan fingerprint density at radius 2 is 2.16 bits per heavy atom. The third kappa shape index (κ3) is 5.61. The number of phenolic OH excluding ortho intramolecular Hbond substituents is 1. The Hall–Kier alpha value is -1.07. The van der Waals surface area contributed by atoms with Crippen molar-refractivity contribution in [2.75, 3.05) is 20.1 Å². The largest absolute Gasteiger partial charge is 0.506 e. The van der Waals surface area contributed by atoms with Crippen molar-refractivity contribution in [2.24, 2.45) is 5.92 Å². The molecule has 0 spiro atoms. The zero-order valence-electron chi connectivity index (χ0n) is 11.6. The summed E-state index contributed by atoms with van der Waals surface area (Å²) in [7, 11) is 1.86. The summed E-state index contributed by atoms with van der Waals surface area (Å²) >= 11 is 3.28. The van der Waals surface area contributed by atoms with E-state index in [9.17, 15) is 9.90 Å². The monoisotopic (exact) mass is 328 g/mol. The standard InChI is InChI=1S/C14H21BrN2O2/c1-10(2)7-16-13(18)9-17(3)8-11-5-4-6-12(15)14(11)19/h4-6,10,19H,7-9H2,1-3H3,(H,16,18). The maximum absolute atomic E-state index is 11.7. The number of nitrogens with zero attached hydrogens (tertiary/aromatic N) is 1. The van der Waals surface area contributed by atoms with Crippen LogP contribution in [0.3, 0.4) is 0 Å². The van der Waals surface area contributed by atoms with Crippen LogP contribution in [0, 0.1) is 5.92 Å². The Morgan fingerprint density at radius 3 is 2.79 bits per heavy atom. The first-order chi connectivity index (χ1) is 8.90. The highest BCUT2D eigenvalue weighted by Crippen LogP contribution is 2.27. The van der Waals surface area contributed by atoms with Crippen LogP contribution in [0.4, 0.5) is 0 Å². The average molecular weight is 329 g/mol. The molecule has 0 unspecified atom stereocenters. The molecular weight excluding hydrogens is 308 g/mol. The van der Waals surface area contributed by atoms with E-state index in [1.54, 1.807) is 6.07 Å². The number of phenols is 1. The Morgan fingerprint density at radius 1 is 1.47 bits per heavy atom. The molecule has 1 amide bonds. The van der Waals surface area contributed by atoms with Crippen molar-refractivity contribution in [3.8, 4) is 5.75 Å². The van der Waals surface area contributed by atoms with E-state index in [0.29, 0.717) is 30.0 Å². The second-order valence-corrected chi connectivity index (χ2v) is 5.97. The van der Waals surface area contributed by atoms with Crippen molar-refractivity contribution < 1.29 is 9.90 Å². The maximum atomic E-state index is 11.7. The number of amides is 1. The fourth-order valence-electron chi connectivity index (χ4n) is 1.65.